The summed E-state index contributed by atoms with van der Waals surface area (Å²) in [7, 11) is 0. The number of nitrogens with zero attached hydrogens (tertiary/aromatic N) is 1. The summed E-state index contributed by atoms with van der Waals surface area (Å²) in [6.07, 6.45) is 0.0356. The first-order chi connectivity index (χ1) is 11.6. The Hall–Kier alpha value is -1.47. The van der Waals surface area contributed by atoms with Crippen molar-refractivity contribution in [2.24, 2.45) is 4.99 Å². The van der Waals surface area contributed by atoms with Crippen molar-refractivity contribution < 1.29 is 14.3 Å². The van der Waals surface area contributed by atoms with Gasteiger partial charge in [-0.1, -0.05) is 48.6 Å². The molecule has 1 aliphatic rings. The normalized spacial score (nSPS) is 14.8. The molecule has 0 aliphatic carbocycles. The van der Waals surface area contributed by atoms with Gasteiger partial charge in [-0.3, -0.25) is 9.79 Å². The number of hydrogen-bond donors (Lipinski definition) is 1. The second-order valence-electron chi connectivity index (χ2n) is 5.28. The number of aliphatic imine (C=N–C) groups is 1. The molecule has 5 nitrogen and oxygen atoms in total. The average molecular weight is 367 g/mol. The molecule has 1 heterocycles. The molecule has 0 aromatic heterocycles. The highest BCUT2D eigenvalue weighted by Crippen LogP contribution is 2.26. The molecule has 24 heavy (non-hydrogen) atoms. The molecule has 1 aliphatic heterocycles. The van der Waals surface area contributed by atoms with Gasteiger partial charge in [-0.15, -0.1) is 0 Å². The van der Waals surface area contributed by atoms with Gasteiger partial charge in [0.15, 0.2) is 6.10 Å². The largest absolute Gasteiger partial charge is 0.449 e. The highest BCUT2D eigenvalue weighted by Gasteiger charge is 2.20. The van der Waals surface area contributed by atoms with Crippen molar-refractivity contribution in [2.75, 3.05) is 18.8 Å². The van der Waals surface area contributed by atoms with Crippen LogP contribution in [0.3, 0.4) is 0 Å². The van der Waals surface area contributed by atoms with Crippen molar-refractivity contribution in [1.82, 2.24) is 5.32 Å². The maximum Gasteiger partial charge on any atom is 0.339 e. The number of amides is 1. The van der Waals surface area contributed by atoms with Crippen molar-refractivity contribution in [2.45, 2.75) is 32.1 Å². The van der Waals surface area contributed by atoms with Gasteiger partial charge in [0, 0.05) is 18.1 Å². The maximum absolute atomic E-state index is 12.4. The van der Waals surface area contributed by atoms with Gasteiger partial charge >= 0.3 is 5.97 Å². The molecule has 1 atom stereocenters. The molecule has 2 rings (SSSR count). The zero-order chi connectivity index (χ0) is 17.4. The number of nitrogens with one attached hydrogen (secondary N) is 1. The highest BCUT2D eigenvalue weighted by atomic mass is 32.2. The second-order valence-corrected chi connectivity index (χ2v) is 7.59. The Morgan fingerprint density at radius 2 is 2.21 bits per heavy atom. The smallest absolute Gasteiger partial charge is 0.339 e. The SMILES string of the molecule is CCCNC(=O)[C@@H](C)OC(=O)c1ccccc1CSC1=NCCS1. The predicted octanol–water partition coefficient (Wildman–Crippen LogP) is 3.09. The summed E-state index contributed by atoms with van der Waals surface area (Å²) in [5.41, 5.74) is 1.40. The van der Waals surface area contributed by atoms with Crippen LogP contribution in [0.5, 0.6) is 0 Å². The summed E-state index contributed by atoms with van der Waals surface area (Å²) in [6.45, 7) is 5.00. The Labute approximate surface area is 151 Å². The van der Waals surface area contributed by atoms with Gasteiger partial charge in [0.05, 0.1) is 12.1 Å². The number of rotatable bonds is 7. The fourth-order valence-corrected chi connectivity index (χ4v) is 4.07. The molecule has 0 bridgehead atoms. The lowest BCUT2D eigenvalue weighted by atomic mass is 10.1. The number of benzene rings is 1. The number of thioether (sulfide) groups is 2. The van der Waals surface area contributed by atoms with Gasteiger partial charge in [-0.25, -0.2) is 4.79 Å². The predicted molar refractivity (Wildman–Crippen MR) is 101 cm³/mol. The van der Waals surface area contributed by atoms with Crippen LogP contribution in [0.15, 0.2) is 29.3 Å². The minimum atomic E-state index is -0.806. The van der Waals surface area contributed by atoms with E-state index in [4.69, 9.17) is 4.74 Å². The number of carbonyl (C=O) groups is 2. The van der Waals surface area contributed by atoms with E-state index in [0.717, 1.165) is 28.7 Å². The molecule has 0 unspecified atom stereocenters. The van der Waals surface area contributed by atoms with Gasteiger partial charge in [-0.05, 0) is 25.0 Å². The molecule has 0 spiro atoms. The van der Waals surface area contributed by atoms with E-state index in [1.54, 1.807) is 42.6 Å². The summed E-state index contributed by atoms with van der Waals surface area (Å²) in [5.74, 6) is 0.948. The molecule has 1 aromatic carbocycles. The van der Waals surface area contributed by atoms with E-state index in [1.807, 2.05) is 19.1 Å². The standard InChI is InChI=1S/C17H22N2O3S2/c1-3-8-18-15(20)12(2)22-16(21)14-7-5-4-6-13(14)11-24-17-19-9-10-23-17/h4-7,12H,3,8-11H2,1-2H3,(H,18,20)/t12-/m1/s1. The first kappa shape index (κ1) is 18.9. The van der Waals surface area contributed by atoms with Gasteiger partial charge in [0.1, 0.15) is 4.38 Å². The van der Waals surface area contributed by atoms with E-state index in [9.17, 15) is 9.59 Å². The molecule has 7 heteroatoms. The topological polar surface area (TPSA) is 67.8 Å². The molecule has 1 amide bonds. The lowest BCUT2D eigenvalue weighted by Gasteiger charge is -2.14. The van der Waals surface area contributed by atoms with Crippen LogP contribution in [-0.4, -0.2) is 41.2 Å². The molecular formula is C17H22N2O3S2. The third-order valence-corrected chi connectivity index (χ3v) is 5.65. The maximum atomic E-state index is 12.4. The quantitative estimate of drug-likeness (QED) is 0.751. The average Bonchev–Trinajstić information content (AvgIpc) is 3.11. The fraction of sp³-hybridized carbons (Fsp3) is 0.471. The minimum Gasteiger partial charge on any atom is -0.449 e. The molecular weight excluding hydrogens is 344 g/mol. The van der Waals surface area contributed by atoms with E-state index in [-0.39, 0.29) is 5.91 Å². The lowest BCUT2D eigenvalue weighted by molar-refractivity contribution is -0.129. The third kappa shape index (κ3) is 5.56. The van der Waals surface area contributed by atoms with Gasteiger partial charge in [-0.2, -0.15) is 0 Å². The second kappa shape index (κ2) is 9.74. The number of ether oxygens (including phenoxy) is 1. The zero-order valence-corrected chi connectivity index (χ0v) is 15.5. The Bertz CT molecular complexity index is 620. The Kier molecular flexibility index (Phi) is 7.65. The molecule has 1 N–H and O–H groups in total. The van der Waals surface area contributed by atoms with Gasteiger partial charge in [0.25, 0.3) is 5.91 Å². The summed E-state index contributed by atoms with van der Waals surface area (Å²) in [4.78, 5) is 28.6. The van der Waals surface area contributed by atoms with Crippen molar-refractivity contribution >= 4 is 39.8 Å². The van der Waals surface area contributed by atoms with Crippen LogP contribution in [0.1, 0.15) is 36.2 Å². The van der Waals surface area contributed by atoms with E-state index in [1.165, 1.54) is 0 Å². The fourth-order valence-electron chi connectivity index (χ4n) is 2.06. The highest BCUT2D eigenvalue weighted by molar-refractivity contribution is 8.38. The first-order valence-electron chi connectivity index (χ1n) is 7.98. The molecule has 0 saturated heterocycles. The molecule has 0 fully saturated rings. The number of hydrogen-bond acceptors (Lipinski definition) is 6. The van der Waals surface area contributed by atoms with Crippen LogP contribution in [0.4, 0.5) is 0 Å². The third-order valence-electron chi connectivity index (χ3n) is 3.35. The van der Waals surface area contributed by atoms with Crippen LogP contribution in [0, 0.1) is 0 Å². The van der Waals surface area contributed by atoms with Crippen molar-refractivity contribution in [3.05, 3.63) is 35.4 Å². The van der Waals surface area contributed by atoms with Crippen molar-refractivity contribution in [1.29, 1.82) is 0 Å². The van der Waals surface area contributed by atoms with E-state index >= 15 is 0 Å². The van der Waals surface area contributed by atoms with Crippen LogP contribution in [0.2, 0.25) is 0 Å². The summed E-state index contributed by atoms with van der Waals surface area (Å²) in [5, 5.41) is 2.73. The monoisotopic (exact) mass is 366 g/mol. The summed E-state index contributed by atoms with van der Waals surface area (Å²) in [6, 6.07) is 7.34. The number of esters is 1. The first-order valence-corrected chi connectivity index (χ1v) is 9.95. The molecule has 0 radical (unpaired) electrons. The molecule has 130 valence electrons. The molecule has 0 saturated carbocycles. The Morgan fingerprint density at radius 1 is 1.42 bits per heavy atom. The van der Waals surface area contributed by atoms with Crippen LogP contribution in [0.25, 0.3) is 0 Å². The van der Waals surface area contributed by atoms with Gasteiger partial charge in [0.2, 0.25) is 0 Å². The zero-order valence-electron chi connectivity index (χ0n) is 13.9. The summed E-state index contributed by atoms with van der Waals surface area (Å²) < 4.78 is 6.37. The van der Waals surface area contributed by atoms with Crippen LogP contribution < -0.4 is 5.32 Å². The number of carbonyl (C=O) groups excluding carboxylic acids is 2. The lowest BCUT2D eigenvalue weighted by Crippen LogP contribution is -2.36. The van der Waals surface area contributed by atoms with Crippen molar-refractivity contribution in [3.8, 4) is 0 Å². The van der Waals surface area contributed by atoms with Crippen LogP contribution in [-0.2, 0) is 15.3 Å². The molecule has 1 aromatic rings. The van der Waals surface area contributed by atoms with Gasteiger partial charge < -0.3 is 10.1 Å². The Balaban J connectivity index is 1.97. The Morgan fingerprint density at radius 3 is 2.92 bits per heavy atom. The van der Waals surface area contributed by atoms with Crippen molar-refractivity contribution in [3.63, 3.8) is 0 Å². The van der Waals surface area contributed by atoms with E-state index < -0.39 is 12.1 Å². The van der Waals surface area contributed by atoms with Crippen LogP contribution >= 0.6 is 23.5 Å². The van der Waals surface area contributed by atoms with E-state index in [2.05, 4.69) is 10.3 Å². The minimum absolute atomic E-state index is 0.270. The van der Waals surface area contributed by atoms with E-state index in [0.29, 0.717) is 17.9 Å². The summed E-state index contributed by atoms with van der Waals surface area (Å²) >= 11 is 3.37.